The van der Waals surface area contributed by atoms with Gasteiger partial charge in [0.05, 0.1) is 0 Å². The minimum Gasteiger partial charge on any atom is -0.508 e. The van der Waals surface area contributed by atoms with Crippen molar-refractivity contribution >= 4 is 0 Å². The Balaban J connectivity index is 2.54. The molecule has 0 spiro atoms. The summed E-state index contributed by atoms with van der Waals surface area (Å²) in [5.41, 5.74) is 5.25. The normalized spacial score (nSPS) is 10.7. The van der Waals surface area contributed by atoms with Crippen LogP contribution in [-0.2, 0) is 0 Å². The molecule has 0 saturated heterocycles. The molecular weight excluding hydrogens is 260 g/mol. The van der Waals surface area contributed by atoms with E-state index in [0.29, 0.717) is 11.5 Å². The van der Waals surface area contributed by atoms with E-state index in [4.69, 9.17) is 0 Å². The van der Waals surface area contributed by atoms with Gasteiger partial charge in [0.2, 0.25) is 0 Å². The number of benzene rings is 2. The molecule has 0 aliphatic rings. The van der Waals surface area contributed by atoms with Crippen molar-refractivity contribution in [3.63, 3.8) is 0 Å². The van der Waals surface area contributed by atoms with Gasteiger partial charge in [-0.1, -0.05) is 35.9 Å². The summed E-state index contributed by atoms with van der Waals surface area (Å²) >= 11 is 0. The van der Waals surface area contributed by atoms with Gasteiger partial charge in [-0.05, 0) is 62.1 Å². The molecule has 0 aliphatic carbocycles. The summed E-state index contributed by atoms with van der Waals surface area (Å²) in [5, 5.41) is 19.4. The molecule has 2 nitrogen and oxygen atoms in total. The van der Waals surface area contributed by atoms with Crippen LogP contribution in [-0.4, -0.2) is 10.2 Å². The lowest BCUT2D eigenvalue weighted by molar-refractivity contribution is 0.470. The number of hydrogen-bond acceptors (Lipinski definition) is 2. The van der Waals surface area contributed by atoms with Gasteiger partial charge in [-0.2, -0.15) is 0 Å². The molecular formula is C19H22O2. The third-order valence-corrected chi connectivity index (χ3v) is 3.66. The van der Waals surface area contributed by atoms with Crippen LogP contribution in [0.25, 0.3) is 0 Å². The summed E-state index contributed by atoms with van der Waals surface area (Å²) in [7, 11) is 0. The van der Waals surface area contributed by atoms with E-state index in [1.54, 1.807) is 12.1 Å². The van der Waals surface area contributed by atoms with Crippen molar-refractivity contribution in [2.45, 2.75) is 33.6 Å². The van der Waals surface area contributed by atoms with E-state index in [2.05, 4.69) is 19.9 Å². The van der Waals surface area contributed by atoms with E-state index in [0.717, 1.165) is 22.3 Å². The molecule has 0 aromatic heterocycles. The molecule has 0 bridgehead atoms. The Kier molecular flexibility index (Phi) is 4.37. The van der Waals surface area contributed by atoms with E-state index in [1.807, 2.05) is 38.1 Å². The lowest BCUT2D eigenvalue weighted by Gasteiger charge is -2.17. The van der Waals surface area contributed by atoms with Crippen LogP contribution >= 0.6 is 0 Å². The number of phenolic OH excluding ortho intramolecular Hbond substituents is 2. The van der Waals surface area contributed by atoms with Gasteiger partial charge in [-0.3, -0.25) is 0 Å². The summed E-state index contributed by atoms with van der Waals surface area (Å²) in [6.07, 6.45) is 2.21. The fourth-order valence-electron chi connectivity index (χ4n) is 2.46. The number of rotatable bonds is 3. The first-order chi connectivity index (χ1) is 9.88. The maximum Gasteiger partial charge on any atom is 0.118 e. The van der Waals surface area contributed by atoms with Gasteiger partial charge in [0.15, 0.2) is 0 Å². The number of allylic oxidation sites excluding steroid dienone is 2. The highest BCUT2D eigenvalue weighted by molar-refractivity contribution is 5.46. The Hall–Kier alpha value is -2.22. The van der Waals surface area contributed by atoms with Crippen LogP contribution in [0.1, 0.15) is 42.0 Å². The number of hydrogen-bond donors (Lipinski definition) is 2. The molecule has 110 valence electrons. The quantitative estimate of drug-likeness (QED) is 0.793. The van der Waals surface area contributed by atoms with E-state index in [-0.39, 0.29) is 5.92 Å². The van der Waals surface area contributed by atoms with Crippen LogP contribution in [0.3, 0.4) is 0 Å². The van der Waals surface area contributed by atoms with Crippen LogP contribution < -0.4 is 0 Å². The summed E-state index contributed by atoms with van der Waals surface area (Å²) in [6, 6.07) is 11.4. The maximum atomic E-state index is 9.71. The summed E-state index contributed by atoms with van der Waals surface area (Å²) in [5.74, 6) is 0.752. The Morgan fingerprint density at radius 2 is 1.29 bits per heavy atom. The van der Waals surface area contributed by atoms with E-state index in [9.17, 15) is 10.2 Å². The molecule has 0 heterocycles. The third kappa shape index (κ3) is 3.46. The zero-order valence-corrected chi connectivity index (χ0v) is 13.0. The fourth-order valence-corrected chi connectivity index (χ4v) is 2.46. The molecule has 0 unspecified atom stereocenters. The number of aryl methyl sites for hydroxylation is 2. The second-order valence-corrected chi connectivity index (χ2v) is 5.81. The van der Waals surface area contributed by atoms with Crippen molar-refractivity contribution in [2.75, 3.05) is 0 Å². The average Bonchev–Trinajstić information content (AvgIpc) is 2.42. The lowest BCUT2D eigenvalue weighted by Crippen LogP contribution is -2.00. The van der Waals surface area contributed by atoms with Crippen LogP contribution in [0.5, 0.6) is 11.5 Å². The molecule has 0 fully saturated rings. The van der Waals surface area contributed by atoms with Crippen molar-refractivity contribution in [1.82, 2.24) is 0 Å². The van der Waals surface area contributed by atoms with Crippen LogP contribution in [0.2, 0.25) is 0 Å². The largest absolute Gasteiger partial charge is 0.508 e. The van der Waals surface area contributed by atoms with Gasteiger partial charge in [-0.15, -0.1) is 0 Å². The van der Waals surface area contributed by atoms with Gasteiger partial charge in [0, 0.05) is 5.92 Å². The van der Waals surface area contributed by atoms with Crippen molar-refractivity contribution in [1.29, 1.82) is 0 Å². The standard InChI is InChI=1S/C19H22O2/c1-12(2)9-17(15-5-7-18(20)13(3)10-15)16-6-8-19(21)14(4)11-16/h5-11,17,20-21H,1-4H3. The summed E-state index contributed by atoms with van der Waals surface area (Å²) in [6.45, 7) is 7.96. The fraction of sp³-hybridized carbons (Fsp3) is 0.263. The maximum absolute atomic E-state index is 9.71. The highest BCUT2D eigenvalue weighted by Gasteiger charge is 2.14. The molecule has 2 heteroatoms. The predicted molar refractivity (Wildman–Crippen MR) is 87.0 cm³/mol. The average molecular weight is 282 g/mol. The topological polar surface area (TPSA) is 40.5 Å². The zero-order chi connectivity index (χ0) is 15.6. The lowest BCUT2D eigenvalue weighted by atomic mass is 9.88. The molecule has 2 aromatic carbocycles. The first-order valence-electron chi connectivity index (χ1n) is 7.12. The molecule has 0 radical (unpaired) electrons. The summed E-state index contributed by atoms with van der Waals surface area (Å²) in [4.78, 5) is 0. The van der Waals surface area contributed by atoms with Crippen LogP contribution in [0.15, 0.2) is 48.0 Å². The van der Waals surface area contributed by atoms with E-state index < -0.39 is 0 Å². The van der Waals surface area contributed by atoms with Crippen LogP contribution in [0, 0.1) is 13.8 Å². The highest BCUT2D eigenvalue weighted by atomic mass is 16.3. The Morgan fingerprint density at radius 3 is 1.62 bits per heavy atom. The van der Waals surface area contributed by atoms with Gasteiger partial charge < -0.3 is 10.2 Å². The molecule has 0 aliphatic heterocycles. The SMILES string of the molecule is CC(C)=CC(c1ccc(O)c(C)c1)c1ccc(O)c(C)c1. The number of aromatic hydroxyl groups is 2. The van der Waals surface area contributed by atoms with Gasteiger partial charge >= 0.3 is 0 Å². The first-order valence-corrected chi connectivity index (χ1v) is 7.12. The van der Waals surface area contributed by atoms with E-state index >= 15 is 0 Å². The van der Waals surface area contributed by atoms with Gasteiger partial charge in [0.25, 0.3) is 0 Å². The van der Waals surface area contributed by atoms with Crippen molar-refractivity contribution < 1.29 is 10.2 Å². The van der Waals surface area contributed by atoms with Crippen LogP contribution in [0.4, 0.5) is 0 Å². The predicted octanol–water partition coefficient (Wildman–Crippen LogP) is 4.81. The number of phenols is 2. The van der Waals surface area contributed by atoms with Crippen molar-refractivity contribution in [3.05, 3.63) is 70.3 Å². The minimum atomic E-state index is 0.119. The Morgan fingerprint density at radius 1 is 0.857 bits per heavy atom. The molecule has 2 N–H and O–H groups in total. The Bertz CT molecular complexity index is 628. The highest BCUT2D eigenvalue weighted by Crippen LogP contribution is 2.32. The molecule has 21 heavy (non-hydrogen) atoms. The minimum absolute atomic E-state index is 0.119. The van der Waals surface area contributed by atoms with Crippen molar-refractivity contribution in [3.8, 4) is 11.5 Å². The smallest absolute Gasteiger partial charge is 0.118 e. The monoisotopic (exact) mass is 282 g/mol. The second-order valence-electron chi connectivity index (χ2n) is 5.81. The summed E-state index contributed by atoms with van der Waals surface area (Å²) < 4.78 is 0. The molecule has 0 saturated carbocycles. The second kappa shape index (κ2) is 6.04. The van der Waals surface area contributed by atoms with E-state index in [1.165, 1.54) is 5.57 Å². The zero-order valence-electron chi connectivity index (χ0n) is 13.0. The molecule has 0 amide bonds. The van der Waals surface area contributed by atoms with Gasteiger partial charge in [-0.25, -0.2) is 0 Å². The third-order valence-electron chi connectivity index (χ3n) is 3.66. The van der Waals surface area contributed by atoms with Crippen molar-refractivity contribution in [2.24, 2.45) is 0 Å². The first kappa shape index (κ1) is 15.2. The molecule has 2 rings (SSSR count). The Labute approximate surface area is 126 Å². The molecule has 2 aromatic rings. The van der Waals surface area contributed by atoms with Gasteiger partial charge in [0.1, 0.15) is 11.5 Å². The molecule has 0 atom stereocenters.